The van der Waals surface area contributed by atoms with E-state index in [2.05, 4.69) is 5.32 Å². The van der Waals surface area contributed by atoms with E-state index in [9.17, 15) is 9.59 Å². The van der Waals surface area contributed by atoms with E-state index in [-0.39, 0.29) is 12.2 Å². The van der Waals surface area contributed by atoms with Crippen molar-refractivity contribution in [3.63, 3.8) is 0 Å². The standard InChI is InChI=1S/C14H19NO5/c1-5-20-14(17)9(2)15-13(16)12-10(18-3)7-6-8-11(12)19-4/h6-9H,5H2,1-4H3,(H,15,16). The van der Waals surface area contributed by atoms with Gasteiger partial charge in [0.05, 0.1) is 20.8 Å². The molecular formula is C14H19NO5. The molecule has 6 heteroatoms. The van der Waals surface area contributed by atoms with E-state index in [1.807, 2.05) is 0 Å². The molecule has 0 saturated carbocycles. The molecule has 0 fully saturated rings. The molecule has 1 aromatic carbocycles. The zero-order chi connectivity index (χ0) is 15.1. The van der Waals surface area contributed by atoms with Crippen LogP contribution in [0.4, 0.5) is 0 Å². The van der Waals surface area contributed by atoms with Crippen LogP contribution >= 0.6 is 0 Å². The molecule has 0 spiro atoms. The zero-order valence-corrected chi connectivity index (χ0v) is 12.1. The molecule has 1 amide bonds. The zero-order valence-electron chi connectivity index (χ0n) is 12.1. The SMILES string of the molecule is CCOC(=O)C(C)NC(=O)c1c(OC)cccc1OC. The molecule has 0 aliphatic rings. The topological polar surface area (TPSA) is 73.9 Å². The minimum atomic E-state index is -0.753. The van der Waals surface area contributed by atoms with Gasteiger partial charge in [-0.15, -0.1) is 0 Å². The monoisotopic (exact) mass is 281 g/mol. The third kappa shape index (κ3) is 3.63. The van der Waals surface area contributed by atoms with Crippen molar-refractivity contribution in [1.29, 1.82) is 0 Å². The molecule has 6 nitrogen and oxygen atoms in total. The molecule has 0 radical (unpaired) electrons. The van der Waals surface area contributed by atoms with Crippen LogP contribution in [0.1, 0.15) is 24.2 Å². The van der Waals surface area contributed by atoms with Crippen molar-refractivity contribution in [3.8, 4) is 11.5 Å². The number of esters is 1. The third-order valence-corrected chi connectivity index (χ3v) is 2.64. The summed E-state index contributed by atoms with van der Waals surface area (Å²) in [7, 11) is 2.92. The lowest BCUT2D eigenvalue weighted by Crippen LogP contribution is -2.39. The first-order valence-electron chi connectivity index (χ1n) is 6.23. The summed E-state index contributed by atoms with van der Waals surface area (Å²) in [4.78, 5) is 23.8. The van der Waals surface area contributed by atoms with E-state index in [0.29, 0.717) is 11.5 Å². The summed E-state index contributed by atoms with van der Waals surface area (Å²) in [5.41, 5.74) is 0.244. The van der Waals surface area contributed by atoms with Crippen LogP contribution in [-0.2, 0) is 9.53 Å². The number of rotatable bonds is 6. The lowest BCUT2D eigenvalue weighted by molar-refractivity contribution is -0.144. The van der Waals surface area contributed by atoms with Crippen LogP contribution in [0.5, 0.6) is 11.5 Å². The van der Waals surface area contributed by atoms with Crippen molar-refractivity contribution in [2.45, 2.75) is 19.9 Å². The van der Waals surface area contributed by atoms with Crippen molar-refractivity contribution in [2.75, 3.05) is 20.8 Å². The number of ether oxygens (including phenoxy) is 3. The van der Waals surface area contributed by atoms with Gasteiger partial charge in [0.1, 0.15) is 23.1 Å². The van der Waals surface area contributed by atoms with Gasteiger partial charge in [-0.3, -0.25) is 4.79 Å². The van der Waals surface area contributed by atoms with Crippen molar-refractivity contribution in [3.05, 3.63) is 23.8 Å². The van der Waals surface area contributed by atoms with Crippen molar-refractivity contribution in [1.82, 2.24) is 5.32 Å². The molecule has 0 aliphatic heterocycles. The Hall–Kier alpha value is -2.24. The van der Waals surface area contributed by atoms with Crippen LogP contribution < -0.4 is 14.8 Å². The van der Waals surface area contributed by atoms with E-state index in [1.165, 1.54) is 14.2 Å². The Morgan fingerprint density at radius 3 is 2.20 bits per heavy atom. The van der Waals surface area contributed by atoms with Crippen LogP contribution in [0.15, 0.2) is 18.2 Å². The van der Waals surface area contributed by atoms with Gasteiger partial charge < -0.3 is 19.5 Å². The average Bonchev–Trinajstić information content (AvgIpc) is 2.46. The van der Waals surface area contributed by atoms with Gasteiger partial charge >= 0.3 is 5.97 Å². The Morgan fingerprint density at radius 2 is 1.75 bits per heavy atom. The number of methoxy groups -OCH3 is 2. The summed E-state index contributed by atoms with van der Waals surface area (Å²) in [5.74, 6) is -0.203. The molecule has 1 atom stereocenters. The molecular weight excluding hydrogens is 262 g/mol. The van der Waals surface area contributed by atoms with Gasteiger partial charge in [-0.2, -0.15) is 0 Å². The highest BCUT2D eigenvalue weighted by atomic mass is 16.5. The first kappa shape index (κ1) is 15.8. The predicted molar refractivity (Wildman–Crippen MR) is 73.1 cm³/mol. The minimum absolute atomic E-state index is 0.244. The van der Waals surface area contributed by atoms with Crippen molar-refractivity contribution >= 4 is 11.9 Å². The molecule has 1 N–H and O–H groups in total. The van der Waals surface area contributed by atoms with Crippen molar-refractivity contribution < 1.29 is 23.8 Å². The summed E-state index contributed by atoms with van der Waals surface area (Å²) < 4.78 is 15.1. The number of amides is 1. The summed E-state index contributed by atoms with van der Waals surface area (Å²) in [6.07, 6.45) is 0. The van der Waals surface area contributed by atoms with Crippen LogP contribution in [-0.4, -0.2) is 38.7 Å². The summed E-state index contributed by atoms with van der Waals surface area (Å²) in [5, 5.41) is 2.56. The van der Waals surface area contributed by atoms with Crippen LogP contribution in [0.3, 0.4) is 0 Å². The number of carbonyl (C=O) groups excluding carboxylic acids is 2. The lowest BCUT2D eigenvalue weighted by atomic mass is 10.1. The molecule has 1 rings (SSSR count). The highest BCUT2D eigenvalue weighted by Crippen LogP contribution is 2.28. The molecule has 1 unspecified atom stereocenters. The summed E-state index contributed by atoms with van der Waals surface area (Å²) >= 11 is 0. The maximum atomic E-state index is 12.2. The van der Waals surface area contributed by atoms with Gasteiger partial charge in [-0.25, -0.2) is 4.79 Å². The van der Waals surface area contributed by atoms with E-state index in [1.54, 1.807) is 32.0 Å². The first-order valence-corrected chi connectivity index (χ1v) is 6.23. The minimum Gasteiger partial charge on any atom is -0.496 e. The Labute approximate surface area is 118 Å². The van der Waals surface area contributed by atoms with Crippen LogP contribution in [0.2, 0.25) is 0 Å². The van der Waals surface area contributed by atoms with E-state index >= 15 is 0 Å². The van der Waals surface area contributed by atoms with Gasteiger partial charge in [0, 0.05) is 0 Å². The summed E-state index contributed by atoms with van der Waals surface area (Å²) in [6, 6.07) is 4.25. The molecule has 0 heterocycles. The van der Waals surface area contributed by atoms with Gasteiger partial charge in [0.2, 0.25) is 0 Å². The maximum Gasteiger partial charge on any atom is 0.328 e. The van der Waals surface area contributed by atoms with E-state index < -0.39 is 17.9 Å². The van der Waals surface area contributed by atoms with E-state index in [0.717, 1.165) is 0 Å². The van der Waals surface area contributed by atoms with Gasteiger partial charge in [0.25, 0.3) is 5.91 Å². The highest BCUT2D eigenvalue weighted by molar-refractivity contribution is 6.01. The second-order valence-electron chi connectivity index (χ2n) is 3.98. The molecule has 1 aromatic rings. The largest absolute Gasteiger partial charge is 0.496 e. The summed E-state index contributed by atoms with van der Waals surface area (Å²) in [6.45, 7) is 3.52. The van der Waals surface area contributed by atoms with Crippen LogP contribution in [0, 0.1) is 0 Å². The fraction of sp³-hybridized carbons (Fsp3) is 0.429. The Bertz CT molecular complexity index is 464. The van der Waals surface area contributed by atoms with Gasteiger partial charge in [-0.05, 0) is 26.0 Å². The normalized spacial score (nSPS) is 11.4. The fourth-order valence-electron chi connectivity index (χ4n) is 1.67. The Morgan fingerprint density at radius 1 is 1.20 bits per heavy atom. The average molecular weight is 281 g/mol. The van der Waals surface area contributed by atoms with Crippen LogP contribution in [0.25, 0.3) is 0 Å². The molecule has 0 saturated heterocycles. The number of hydrogen-bond acceptors (Lipinski definition) is 5. The molecule has 20 heavy (non-hydrogen) atoms. The van der Waals surface area contributed by atoms with Gasteiger partial charge in [-0.1, -0.05) is 6.07 Å². The number of nitrogens with one attached hydrogen (secondary N) is 1. The smallest absolute Gasteiger partial charge is 0.328 e. The highest BCUT2D eigenvalue weighted by Gasteiger charge is 2.22. The molecule has 0 aromatic heterocycles. The third-order valence-electron chi connectivity index (χ3n) is 2.64. The number of hydrogen-bond donors (Lipinski definition) is 1. The predicted octanol–water partition coefficient (Wildman–Crippen LogP) is 1.39. The molecule has 110 valence electrons. The first-order chi connectivity index (χ1) is 9.54. The Kier molecular flexibility index (Phi) is 5.83. The molecule has 0 aliphatic carbocycles. The Balaban J connectivity index is 2.94. The lowest BCUT2D eigenvalue weighted by Gasteiger charge is -2.16. The van der Waals surface area contributed by atoms with E-state index in [4.69, 9.17) is 14.2 Å². The second kappa shape index (κ2) is 7.37. The number of carbonyl (C=O) groups is 2. The number of benzene rings is 1. The maximum absolute atomic E-state index is 12.2. The molecule has 0 bridgehead atoms. The van der Waals surface area contributed by atoms with Gasteiger partial charge in [0.15, 0.2) is 0 Å². The van der Waals surface area contributed by atoms with Crippen molar-refractivity contribution in [2.24, 2.45) is 0 Å². The fourth-order valence-corrected chi connectivity index (χ4v) is 1.67. The quantitative estimate of drug-likeness (QED) is 0.797. The second-order valence-corrected chi connectivity index (χ2v) is 3.98.